The average Bonchev–Trinajstić information content (AvgIpc) is 2.82. The Morgan fingerprint density at radius 2 is 2.24 bits per heavy atom. The van der Waals surface area contributed by atoms with Gasteiger partial charge in [-0.3, -0.25) is 4.79 Å². The van der Waals surface area contributed by atoms with E-state index in [2.05, 4.69) is 0 Å². The van der Waals surface area contributed by atoms with E-state index in [9.17, 15) is 17.6 Å². The van der Waals surface area contributed by atoms with E-state index in [0.717, 1.165) is 4.31 Å². The first-order valence-electron chi connectivity index (χ1n) is 6.39. The lowest BCUT2D eigenvalue weighted by Crippen LogP contribution is -2.43. The van der Waals surface area contributed by atoms with Gasteiger partial charge in [-0.2, -0.15) is 4.31 Å². The molecule has 1 aromatic carbocycles. The lowest BCUT2D eigenvalue weighted by Gasteiger charge is -2.21. The van der Waals surface area contributed by atoms with Crippen LogP contribution in [0.4, 0.5) is 4.39 Å². The molecule has 1 saturated heterocycles. The molecule has 1 aromatic rings. The molecule has 21 heavy (non-hydrogen) atoms. The molecule has 8 heteroatoms. The van der Waals surface area contributed by atoms with Crippen LogP contribution in [0.2, 0.25) is 0 Å². The van der Waals surface area contributed by atoms with Crippen LogP contribution in [-0.2, 0) is 26.2 Å². The van der Waals surface area contributed by atoms with Gasteiger partial charge in [0, 0.05) is 20.1 Å². The van der Waals surface area contributed by atoms with Gasteiger partial charge in [0.15, 0.2) is 0 Å². The lowest BCUT2D eigenvalue weighted by atomic mass is 10.2. The number of benzene rings is 1. The van der Waals surface area contributed by atoms with Gasteiger partial charge in [0.25, 0.3) is 0 Å². The summed E-state index contributed by atoms with van der Waals surface area (Å²) in [5.74, 6) is -0.841. The monoisotopic (exact) mass is 316 g/mol. The number of carbonyl (C=O) groups is 1. The third kappa shape index (κ3) is 3.22. The summed E-state index contributed by atoms with van der Waals surface area (Å²) in [6, 6.07) is 5.00. The molecule has 0 bridgehead atoms. The van der Waals surface area contributed by atoms with Crippen molar-refractivity contribution in [1.82, 2.24) is 4.31 Å². The number of ether oxygens (including phenoxy) is 1. The molecular formula is C13H17FN2O4S. The Hall–Kier alpha value is -1.51. The number of amides is 1. The Morgan fingerprint density at radius 3 is 2.86 bits per heavy atom. The minimum Gasteiger partial charge on any atom is -0.380 e. The van der Waals surface area contributed by atoms with Gasteiger partial charge in [-0.15, -0.1) is 0 Å². The zero-order valence-electron chi connectivity index (χ0n) is 11.5. The summed E-state index contributed by atoms with van der Waals surface area (Å²) in [7, 11) is -2.47. The molecule has 116 valence electrons. The normalized spacial score (nSPS) is 23.3. The number of hydrogen-bond donors (Lipinski definition) is 1. The largest absolute Gasteiger partial charge is 0.380 e. The van der Waals surface area contributed by atoms with E-state index < -0.39 is 28.1 Å². The van der Waals surface area contributed by atoms with Crippen LogP contribution in [-0.4, -0.2) is 44.5 Å². The van der Waals surface area contributed by atoms with E-state index in [1.54, 1.807) is 12.1 Å². The molecule has 0 aliphatic carbocycles. The standard InChI is InChI=1S/C13H17FN2O4S/c1-20-8-9-3-2-4-11(5-9)21(18,19)16-7-10(14)6-12(16)13(15)17/h2-5,10,12H,6-8H2,1H3,(H2,15,17)/t10-,12+/m1/s1. The Balaban J connectivity index is 2.37. The van der Waals surface area contributed by atoms with E-state index >= 15 is 0 Å². The third-order valence-electron chi connectivity index (χ3n) is 3.35. The van der Waals surface area contributed by atoms with Crippen LogP contribution in [0.3, 0.4) is 0 Å². The predicted molar refractivity (Wildman–Crippen MR) is 73.5 cm³/mol. The Kier molecular flexibility index (Phi) is 4.60. The highest BCUT2D eigenvalue weighted by Crippen LogP contribution is 2.28. The fourth-order valence-corrected chi connectivity index (χ4v) is 4.08. The van der Waals surface area contributed by atoms with Crippen molar-refractivity contribution in [3.63, 3.8) is 0 Å². The number of primary amides is 1. The van der Waals surface area contributed by atoms with Crippen LogP contribution in [0.25, 0.3) is 0 Å². The Bertz CT molecular complexity index is 635. The van der Waals surface area contributed by atoms with Crippen LogP contribution >= 0.6 is 0 Å². The maximum absolute atomic E-state index is 13.5. The molecule has 1 amide bonds. The number of nitrogens with two attached hydrogens (primary N) is 1. The summed E-state index contributed by atoms with van der Waals surface area (Å²) < 4.78 is 44.4. The number of halogens is 1. The molecule has 6 nitrogen and oxygen atoms in total. The number of carbonyl (C=O) groups excluding carboxylic acids is 1. The zero-order valence-corrected chi connectivity index (χ0v) is 12.3. The van der Waals surface area contributed by atoms with E-state index in [1.807, 2.05) is 0 Å². The Morgan fingerprint density at radius 1 is 1.52 bits per heavy atom. The summed E-state index contributed by atoms with van der Waals surface area (Å²) in [4.78, 5) is 11.3. The lowest BCUT2D eigenvalue weighted by molar-refractivity contribution is -0.121. The number of nitrogens with zero attached hydrogens (tertiary/aromatic N) is 1. The molecule has 0 radical (unpaired) electrons. The molecule has 0 aromatic heterocycles. The van der Waals surface area contributed by atoms with Gasteiger partial charge in [-0.05, 0) is 17.7 Å². The van der Waals surface area contributed by atoms with Gasteiger partial charge in [-0.25, -0.2) is 12.8 Å². The molecule has 0 unspecified atom stereocenters. The summed E-state index contributed by atoms with van der Waals surface area (Å²) in [5, 5.41) is 0. The van der Waals surface area contributed by atoms with Crippen LogP contribution in [0.5, 0.6) is 0 Å². The first kappa shape index (κ1) is 15.9. The van der Waals surface area contributed by atoms with Crippen molar-refractivity contribution in [2.24, 2.45) is 5.73 Å². The van der Waals surface area contributed by atoms with Crippen LogP contribution in [0.1, 0.15) is 12.0 Å². The van der Waals surface area contributed by atoms with Crippen molar-refractivity contribution in [2.45, 2.75) is 30.1 Å². The molecule has 2 atom stereocenters. The molecule has 1 fully saturated rings. The zero-order chi connectivity index (χ0) is 15.6. The third-order valence-corrected chi connectivity index (χ3v) is 5.22. The van der Waals surface area contributed by atoms with Crippen molar-refractivity contribution < 1.29 is 22.3 Å². The summed E-state index contributed by atoms with van der Waals surface area (Å²) in [6.07, 6.45) is -1.59. The fraction of sp³-hybridized carbons (Fsp3) is 0.462. The molecule has 1 aliphatic heterocycles. The number of rotatable bonds is 5. The summed E-state index contributed by atoms with van der Waals surface area (Å²) in [6.45, 7) is -0.0984. The van der Waals surface area contributed by atoms with Gasteiger partial charge in [0.1, 0.15) is 12.2 Å². The average molecular weight is 316 g/mol. The topological polar surface area (TPSA) is 89.7 Å². The molecule has 2 rings (SSSR count). The minimum atomic E-state index is -3.97. The molecular weight excluding hydrogens is 299 g/mol. The maximum Gasteiger partial charge on any atom is 0.243 e. The van der Waals surface area contributed by atoms with Crippen LogP contribution in [0, 0.1) is 0 Å². The predicted octanol–water partition coefficient (Wildman–Crippen LogP) is 0.419. The maximum atomic E-state index is 13.5. The van der Waals surface area contributed by atoms with Crippen molar-refractivity contribution in [2.75, 3.05) is 13.7 Å². The van der Waals surface area contributed by atoms with E-state index in [1.165, 1.54) is 19.2 Å². The van der Waals surface area contributed by atoms with Crippen LogP contribution in [0.15, 0.2) is 29.2 Å². The Labute approximate surface area is 122 Å². The highest BCUT2D eigenvalue weighted by molar-refractivity contribution is 7.89. The fourth-order valence-electron chi connectivity index (χ4n) is 2.38. The molecule has 2 N–H and O–H groups in total. The van der Waals surface area contributed by atoms with E-state index in [-0.39, 0.29) is 24.5 Å². The van der Waals surface area contributed by atoms with E-state index in [4.69, 9.17) is 10.5 Å². The van der Waals surface area contributed by atoms with E-state index in [0.29, 0.717) is 5.56 Å². The molecule has 1 heterocycles. The second-order valence-electron chi connectivity index (χ2n) is 4.91. The summed E-state index contributed by atoms with van der Waals surface area (Å²) in [5.41, 5.74) is 5.84. The first-order chi connectivity index (χ1) is 9.86. The number of hydrogen-bond acceptors (Lipinski definition) is 4. The van der Waals surface area contributed by atoms with Gasteiger partial charge in [0.2, 0.25) is 15.9 Å². The van der Waals surface area contributed by atoms with Crippen molar-refractivity contribution in [3.8, 4) is 0 Å². The van der Waals surface area contributed by atoms with Crippen molar-refractivity contribution in [3.05, 3.63) is 29.8 Å². The van der Waals surface area contributed by atoms with Gasteiger partial charge < -0.3 is 10.5 Å². The van der Waals surface area contributed by atoms with Gasteiger partial charge in [-0.1, -0.05) is 12.1 Å². The quantitative estimate of drug-likeness (QED) is 0.852. The minimum absolute atomic E-state index is 0.00241. The van der Waals surface area contributed by atoms with Crippen molar-refractivity contribution >= 4 is 15.9 Å². The first-order valence-corrected chi connectivity index (χ1v) is 7.83. The smallest absolute Gasteiger partial charge is 0.243 e. The highest BCUT2D eigenvalue weighted by atomic mass is 32.2. The SMILES string of the molecule is COCc1cccc(S(=O)(=O)N2C[C@H](F)C[C@H]2C(N)=O)c1. The van der Waals surface area contributed by atoms with Gasteiger partial charge in [0.05, 0.1) is 11.5 Å². The number of sulfonamides is 1. The van der Waals surface area contributed by atoms with Crippen molar-refractivity contribution in [1.29, 1.82) is 0 Å². The highest BCUT2D eigenvalue weighted by Gasteiger charge is 2.43. The van der Waals surface area contributed by atoms with Gasteiger partial charge >= 0.3 is 0 Å². The second-order valence-corrected chi connectivity index (χ2v) is 6.80. The molecule has 0 spiro atoms. The second kappa shape index (κ2) is 6.08. The summed E-state index contributed by atoms with van der Waals surface area (Å²) >= 11 is 0. The molecule has 1 aliphatic rings. The number of methoxy groups -OCH3 is 1. The van der Waals surface area contributed by atoms with Crippen LogP contribution < -0.4 is 5.73 Å². The number of alkyl halides is 1. The molecule has 0 saturated carbocycles.